The van der Waals surface area contributed by atoms with Crippen LogP contribution >= 0.6 is 0 Å². The topological polar surface area (TPSA) is 64.9 Å². The first-order valence-corrected chi connectivity index (χ1v) is 7.04. The van der Waals surface area contributed by atoms with Gasteiger partial charge in [-0.15, -0.1) is 0 Å². The van der Waals surface area contributed by atoms with Gasteiger partial charge in [-0.2, -0.15) is 5.26 Å². The van der Waals surface area contributed by atoms with Gasteiger partial charge in [0.15, 0.2) is 0 Å². The van der Waals surface area contributed by atoms with Gasteiger partial charge in [0.25, 0.3) is 0 Å². The zero-order valence-electron chi connectivity index (χ0n) is 12.1. The molecule has 2 N–H and O–H groups in total. The molecule has 0 saturated heterocycles. The Bertz CT molecular complexity index is 506. The molecular weight excluding hydrogens is 250 g/mol. The lowest BCUT2D eigenvalue weighted by atomic mass is 9.93. The first kappa shape index (κ1) is 14.5. The summed E-state index contributed by atoms with van der Waals surface area (Å²) in [6, 6.07) is 10.1. The number of hydrogen-bond acceptors (Lipinski definition) is 3. The predicted octanol–water partition coefficient (Wildman–Crippen LogP) is 1.41. The Morgan fingerprint density at radius 2 is 1.95 bits per heavy atom. The van der Waals surface area contributed by atoms with Crippen LogP contribution < -0.4 is 10.6 Å². The molecule has 2 rings (SSSR count). The highest BCUT2D eigenvalue weighted by molar-refractivity contribution is 5.88. The Balaban J connectivity index is 2.19. The molecule has 106 valence electrons. The fourth-order valence-corrected chi connectivity index (χ4v) is 2.67. The maximum Gasteiger partial charge on any atom is 0.241 e. The number of carbonyl (C=O) groups is 1. The molecule has 4 heteroatoms. The van der Waals surface area contributed by atoms with E-state index in [-0.39, 0.29) is 12.5 Å². The van der Waals surface area contributed by atoms with Gasteiger partial charge in [-0.05, 0) is 23.6 Å². The second-order valence-corrected chi connectivity index (χ2v) is 5.82. The molecule has 1 aromatic carbocycles. The highest BCUT2D eigenvalue weighted by Crippen LogP contribution is 2.30. The Hall–Kier alpha value is -1.86. The maximum atomic E-state index is 12.5. The molecular formula is C16H21N3O. The average molecular weight is 271 g/mol. The van der Waals surface area contributed by atoms with Gasteiger partial charge in [0, 0.05) is 12.8 Å². The Kier molecular flexibility index (Phi) is 4.41. The first-order valence-electron chi connectivity index (χ1n) is 7.04. The molecule has 0 bridgehead atoms. The van der Waals surface area contributed by atoms with Crippen molar-refractivity contribution in [1.82, 2.24) is 10.6 Å². The van der Waals surface area contributed by atoms with Crippen molar-refractivity contribution in [1.29, 1.82) is 5.26 Å². The van der Waals surface area contributed by atoms with E-state index in [1.165, 1.54) is 11.1 Å². The summed E-state index contributed by atoms with van der Waals surface area (Å²) in [5, 5.41) is 14.8. The van der Waals surface area contributed by atoms with Crippen LogP contribution in [-0.4, -0.2) is 24.5 Å². The third-order valence-electron chi connectivity index (χ3n) is 3.71. The SMILES string of the molecule is CC(C)CNC1(C(=O)NCC#N)Cc2ccccc2C1. The van der Waals surface area contributed by atoms with Crippen molar-refractivity contribution in [3.8, 4) is 6.07 Å². The minimum absolute atomic E-state index is 0.0558. The zero-order chi connectivity index (χ0) is 14.6. The second-order valence-electron chi connectivity index (χ2n) is 5.82. The smallest absolute Gasteiger partial charge is 0.241 e. The van der Waals surface area contributed by atoms with Crippen LogP contribution in [0.3, 0.4) is 0 Å². The number of amides is 1. The number of carbonyl (C=O) groups excluding carboxylic acids is 1. The van der Waals surface area contributed by atoms with E-state index in [0.29, 0.717) is 18.8 Å². The van der Waals surface area contributed by atoms with Crippen LogP contribution in [-0.2, 0) is 17.6 Å². The van der Waals surface area contributed by atoms with Crippen molar-refractivity contribution in [2.24, 2.45) is 5.92 Å². The number of fused-ring (bicyclic) bond motifs is 1. The number of benzene rings is 1. The van der Waals surface area contributed by atoms with Crippen molar-refractivity contribution in [2.45, 2.75) is 32.2 Å². The lowest BCUT2D eigenvalue weighted by molar-refractivity contribution is -0.127. The number of rotatable bonds is 5. The highest BCUT2D eigenvalue weighted by Gasteiger charge is 2.43. The summed E-state index contributed by atoms with van der Waals surface area (Å²) in [5.41, 5.74) is 1.83. The molecule has 1 aliphatic rings. The molecule has 4 nitrogen and oxygen atoms in total. The van der Waals surface area contributed by atoms with Crippen molar-refractivity contribution in [3.63, 3.8) is 0 Å². The molecule has 0 aromatic heterocycles. The van der Waals surface area contributed by atoms with Gasteiger partial charge in [-0.25, -0.2) is 0 Å². The van der Waals surface area contributed by atoms with Gasteiger partial charge in [-0.1, -0.05) is 38.1 Å². The van der Waals surface area contributed by atoms with Gasteiger partial charge in [0.05, 0.1) is 6.07 Å². The molecule has 1 amide bonds. The van der Waals surface area contributed by atoms with Crippen molar-refractivity contribution < 1.29 is 4.79 Å². The third-order valence-corrected chi connectivity index (χ3v) is 3.71. The summed E-state index contributed by atoms with van der Waals surface area (Å²) in [6.45, 7) is 5.08. The minimum Gasteiger partial charge on any atom is -0.341 e. The Labute approximate surface area is 120 Å². The molecule has 20 heavy (non-hydrogen) atoms. The number of nitrogens with zero attached hydrogens (tertiary/aromatic N) is 1. The molecule has 0 unspecified atom stereocenters. The van der Waals surface area contributed by atoms with Gasteiger partial charge in [0.2, 0.25) is 5.91 Å². The standard InChI is InChI=1S/C16H21N3O/c1-12(2)11-19-16(15(20)18-8-7-17)9-13-5-3-4-6-14(13)10-16/h3-6,12,19H,8-11H2,1-2H3,(H,18,20). The molecule has 0 radical (unpaired) electrons. The van der Waals surface area contributed by atoms with E-state index in [4.69, 9.17) is 5.26 Å². The predicted molar refractivity (Wildman–Crippen MR) is 78.0 cm³/mol. The molecule has 0 atom stereocenters. The fraction of sp³-hybridized carbons (Fsp3) is 0.500. The number of nitriles is 1. The summed E-state index contributed by atoms with van der Waals surface area (Å²) in [4.78, 5) is 12.5. The largest absolute Gasteiger partial charge is 0.341 e. The van der Waals surface area contributed by atoms with E-state index >= 15 is 0 Å². The van der Waals surface area contributed by atoms with Crippen LogP contribution in [0.2, 0.25) is 0 Å². The average Bonchev–Trinajstić information content (AvgIpc) is 2.82. The van der Waals surface area contributed by atoms with Gasteiger partial charge in [-0.3, -0.25) is 4.79 Å². The number of nitrogens with one attached hydrogen (secondary N) is 2. The number of hydrogen-bond donors (Lipinski definition) is 2. The normalized spacial score (nSPS) is 15.7. The molecule has 0 heterocycles. The molecule has 0 spiro atoms. The maximum absolute atomic E-state index is 12.5. The lowest BCUT2D eigenvalue weighted by Crippen LogP contribution is -2.58. The molecule has 0 aliphatic heterocycles. The molecule has 1 aliphatic carbocycles. The van der Waals surface area contributed by atoms with Crippen LogP contribution in [0, 0.1) is 17.2 Å². The summed E-state index contributed by atoms with van der Waals surface area (Å²) < 4.78 is 0. The second kappa shape index (κ2) is 6.06. The van der Waals surface area contributed by atoms with Crippen LogP contribution in [0.1, 0.15) is 25.0 Å². The summed E-state index contributed by atoms with van der Waals surface area (Å²) in [6.07, 6.45) is 1.38. The molecule has 1 aromatic rings. The first-order chi connectivity index (χ1) is 9.57. The van der Waals surface area contributed by atoms with E-state index in [0.717, 1.165) is 6.54 Å². The Morgan fingerprint density at radius 3 is 2.45 bits per heavy atom. The van der Waals surface area contributed by atoms with E-state index in [1.54, 1.807) is 0 Å². The monoisotopic (exact) mass is 271 g/mol. The van der Waals surface area contributed by atoms with Crippen molar-refractivity contribution in [2.75, 3.05) is 13.1 Å². The summed E-state index contributed by atoms with van der Waals surface area (Å²) >= 11 is 0. The van der Waals surface area contributed by atoms with Crippen LogP contribution in [0.25, 0.3) is 0 Å². The van der Waals surface area contributed by atoms with E-state index in [1.807, 2.05) is 18.2 Å². The van der Waals surface area contributed by atoms with Crippen LogP contribution in [0.5, 0.6) is 0 Å². The third kappa shape index (κ3) is 3.00. The zero-order valence-corrected chi connectivity index (χ0v) is 12.1. The molecule has 0 saturated carbocycles. The van der Waals surface area contributed by atoms with E-state index < -0.39 is 5.54 Å². The van der Waals surface area contributed by atoms with Crippen molar-refractivity contribution >= 4 is 5.91 Å². The quantitative estimate of drug-likeness (QED) is 0.796. The Morgan fingerprint density at radius 1 is 1.35 bits per heavy atom. The fourth-order valence-electron chi connectivity index (χ4n) is 2.67. The van der Waals surface area contributed by atoms with Crippen LogP contribution in [0.15, 0.2) is 24.3 Å². The van der Waals surface area contributed by atoms with Crippen LogP contribution in [0.4, 0.5) is 0 Å². The van der Waals surface area contributed by atoms with Gasteiger partial charge in [0.1, 0.15) is 12.1 Å². The van der Waals surface area contributed by atoms with Gasteiger partial charge < -0.3 is 10.6 Å². The van der Waals surface area contributed by atoms with E-state index in [9.17, 15) is 4.79 Å². The van der Waals surface area contributed by atoms with Crippen molar-refractivity contribution in [3.05, 3.63) is 35.4 Å². The van der Waals surface area contributed by atoms with E-state index in [2.05, 4.69) is 36.6 Å². The highest BCUT2D eigenvalue weighted by atomic mass is 16.2. The molecule has 0 fully saturated rings. The summed E-state index contributed by atoms with van der Waals surface area (Å²) in [7, 11) is 0. The minimum atomic E-state index is -0.606. The van der Waals surface area contributed by atoms with Gasteiger partial charge >= 0.3 is 0 Å². The summed E-state index contributed by atoms with van der Waals surface area (Å²) in [5.74, 6) is 0.398. The lowest BCUT2D eigenvalue weighted by Gasteiger charge is -2.29.